The molecule has 4 rings (SSSR count). The van der Waals surface area contributed by atoms with Gasteiger partial charge in [0.2, 0.25) is 0 Å². The second-order valence-electron chi connectivity index (χ2n) is 5.60. The first-order valence-corrected chi connectivity index (χ1v) is 8.15. The van der Waals surface area contributed by atoms with Crippen LogP contribution in [0.4, 0.5) is 5.82 Å². The molecule has 2 unspecified atom stereocenters. The van der Waals surface area contributed by atoms with E-state index in [9.17, 15) is 0 Å². The van der Waals surface area contributed by atoms with E-state index in [0.29, 0.717) is 12.1 Å². The number of hydrogen-bond acceptors (Lipinski definition) is 4. The molecule has 5 heteroatoms. The molecule has 0 amide bonds. The van der Waals surface area contributed by atoms with Crippen molar-refractivity contribution in [2.24, 2.45) is 0 Å². The van der Waals surface area contributed by atoms with Gasteiger partial charge in [-0.3, -0.25) is 0 Å². The highest BCUT2D eigenvalue weighted by molar-refractivity contribution is 7.15. The first kappa shape index (κ1) is 12.4. The fourth-order valence-electron chi connectivity index (χ4n) is 3.19. The van der Waals surface area contributed by atoms with E-state index < -0.39 is 0 Å². The van der Waals surface area contributed by atoms with Crippen LogP contribution in [0.2, 0.25) is 0 Å². The van der Waals surface area contributed by atoms with E-state index in [1.165, 1.54) is 16.2 Å². The summed E-state index contributed by atoms with van der Waals surface area (Å²) in [6.07, 6.45) is 3.79. The Hall–Kier alpha value is -1.33. The van der Waals surface area contributed by atoms with Gasteiger partial charge in [0.1, 0.15) is 11.5 Å². The van der Waals surface area contributed by atoms with Crippen molar-refractivity contribution in [2.75, 3.05) is 18.5 Å². The number of anilines is 1. The van der Waals surface area contributed by atoms with Crippen LogP contribution in [0.3, 0.4) is 0 Å². The number of aryl methyl sites for hydroxylation is 1. The van der Waals surface area contributed by atoms with Gasteiger partial charge in [0.15, 0.2) is 0 Å². The average molecular weight is 289 g/mol. The van der Waals surface area contributed by atoms with Gasteiger partial charge in [-0.05, 0) is 38.3 Å². The third-order valence-electron chi connectivity index (χ3n) is 4.18. The van der Waals surface area contributed by atoms with E-state index in [-0.39, 0.29) is 0 Å². The van der Waals surface area contributed by atoms with Crippen molar-refractivity contribution >= 4 is 17.2 Å². The number of nitrogens with zero attached hydrogens (tertiary/aromatic N) is 2. The van der Waals surface area contributed by atoms with Crippen LogP contribution in [0, 0.1) is 6.92 Å². The molecule has 106 valence electrons. The normalized spacial score (nSPS) is 25.4. The summed E-state index contributed by atoms with van der Waals surface area (Å²) in [7, 11) is 0. The topological polar surface area (TPSA) is 39.1 Å². The summed E-state index contributed by atoms with van der Waals surface area (Å²) >= 11 is 1.80. The van der Waals surface area contributed by atoms with Gasteiger partial charge in [0, 0.05) is 24.1 Å². The number of nitrogens with one attached hydrogen (secondary N) is 1. The molecule has 0 saturated carbocycles. The van der Waals surface area contributed by atoms with Crippen molar-refractivity contribution in [2.45, 2.75) is 38.3 Å². The van der Waals surface area contributed by atoms with Crippen LogP contribution in [0.15, 0.2) is 18.2 Å². The molecule has 0 spiro atoms. The predicted molar refractivity (Wildman–Crippen MR) is 81.4 cm³/mol. The Kier molecular flexibility index (Phi) is 3.04. The summed E-state index contributed by atoms with van der Waals surface area (Å²) in [5.74, 6) is 1.14. The smallest absolute Gasteiger partial charge is 0.125 e. The molecule has 0 radical (unpaired) electrons. The van der Waals surface area contributed by atoms with Crippen LogP contribution in [-0.4, -0.2) is 29.0 Å². The van der Waals surface area contributed by atoms with Gasteiger partial charge in [0.25, 0.3) is 0 Å². The Morgan fingerprint density at radius 2 is 2.35 bits per heavy atom. The zero-order valence-electron chi connectivity index (χ0n) is 11.6. The quantitative estimate of drug-likeness (QED) is 0.920. The maximum atomic E-state index is 5.88. The monoisotopic (exact) mass is 289 g/mol. The van der Waals surface area contributed by atoms with Crippen LogP contribution < -0.4 is 5.32 Å². The van der Waals surface area contributed by atoms with Gasteiger partial charge in [-0.2, -0.15) is 5.10 Å². The molecular weight excluding hydrogens is 270 g/mol. The molecule has 2 atom stereocenters. The van der Waals surface area contributed by atoms with Crippen LogP contribution in [0.25, 0.3) is 10.6 Å². The van der Waals surface area contributed by atoms with E-state index in [1.54, 1.807) is 11.3 Å². The van der Waals surface area contributed by atoms with Crippen LogP contribution in [0.1, 0.15) is 30.2 Å². The molecule has 2 aliphatic heterocycles. The largest absolute Gasteiger partial charge is 0.376 e. The third kappa shape index (κ3) is 2.05. The molecule has 0 aromatic carbocycles. The molecule has 2 aromatic heterocycles. The number of fused-ring (bicyclic) bond motifs is 1. The lowest BCUT2D eigenvalue weighted by Gasteiger charge is -2.29. The fraction of sp³-hybridized carbons (Fsp3) is 0.533. The molecule has 1 N–H and O–H groups in total. The summed E-state index contributed by atoms with van der Waals surface area (Å²) in [6, 6.07) is 6.88. The first-order chi connectivity index (χ1) is 9.81. The van der Waals surface area contributed by atoms with Gasteiger partial charge in [0.05, 0.1) is 17.0 Å². The predicted octanol–water partition coefficient (Wildman–Crippen LogP) is 3.46. The lowest BCUT2D eigenvalue weighted by Crippen LogP contribution is -2.31. The zero-order chi connectivity index (χ0) is 13.5. The highest BCUT2D eigenvalue weighted by atomic mass is 32.1. The molecule has 0 aliphatic carbocycles. The molecule has 0 bridgehead atoms. The lowest BCUT2D eigenvalue weighted by molar-refractivity contribution is 0.0593. The summed E-state index contributed by atoms with van der Waals surface area (Å²) < 4.78 is 8.04. The van der Waals surface area contributed by atoms with Crippen molar-refractivity contribution in [1.82, 2.24) is 9.78 Å². The molecule has 1 saturated heterocycles. The standard InChI is InChI=1S/C15H19N3OS/c1-10-4-5-14(20-10)11-9-15-16-7-6-12(18(15)17-11)13-3-2-8-19-13/h4-5,9,12-13,16H,2-3,6-8H2,1H3. The second-order valence-corrected chi connectivity index (χ2v) is 6.89. The SMILES string of the molecule is Cc1ccc(-c2cc3n(n2)C(C2CCCO2)CCN3)s1. The van der Waals surface area contributed by atoms with E-state index >= 15 is 0 Å². The minimum atomic E-state index is 0.341. The van der Waals surface area contributed by atoms with E-state index in [0.717, 1.165) is 37.5 Å². The maximum absolute atomic E-state index is 5.88. The number of thiophene rings is 1. The van der Waals surface area contributed by atoms with Crippen LogP contribution in [-0.2, 0) is 4.74 Å². The minimum absolute atomic E-state index is 0.341. The highest BCUT2D eigenvalue weighted by Crippen LogP contribution is 2.36. The van der Waals surface area contributed by atoms with E-state index in [4.69, 9.17) is 9.84 Å². The summed E-state index contributed by atoms with van der Waals surface area (Å²) in [6.45, 7) is 4.05. The van der Waals surface area contributed by atoms with Gasteiger partial charge >= 0.3 is 0 Å². The summed E-state index contributed by atoms with van der Waals surface area (Å²) in [5, 5.41) is 8.31. The van der Waals surface area contributed by atoms with Crippen molar-refractivity contribution in [1.29, 1.82) is 0 Å². The Balaban J connectivity index is 1.69. The van der Waals surface area contributed by atoms with Crippen LogP contribution >= 0.6 is 11.3 Å². The Bertz CT molecular complexity index is 612. The highest BCUT2D eigenvalue weighted by Gasteiger charge is 2.32. The van der Waals surface area contributed by atoms with Crippen molar-refractivity contribution in [3.8, 4) is 10.6 Å². The molecule has 4 heterocycles. The number of hydrogen-bond donors (Lipinski definition) is 1. The van der Waals surface area contributed by atoms with Crippen molar-refractivity contribution < 1.29 is 4.74 Å². The van der Waals surface area contributed by atoms with Gasteiger partial charge in [-0.25, -0.2) is 4.68 Å². The maximum Gasteiger partial charge on any atom is 0.125 e. The second kappa shape index (κ2) is 4.90. The molecular formula is C15H19N3OS. The zero-order valence-corrected chi connectivity index (χ0v) is 12.4. The first-order valence-electron chi connectivity index (χ1n) is 7.33. The Morgan fingerprint density at radius 1 is 1.40 bits per heavy atom. The fourth-order valence-corrected chi connectivity index (χ4v) is 4.02. The molecule has 4 nitrogen and oxygen atoms in total. The number of ether oxygens (including phenoxy) is 1. The van der Waals surface area contributed by atoms with E-state index in [2.05, 4.69) is 35.1 Å². The molecule has 20 heavy (non-hydrogen) atoms. The lowest BCUT2D eigenvalue weighted by atomic mass is 10.0. The van der Waals surface area contributed by atoms with Gasteiger partial charge in [-0.1, -0.05) is 0 Å². The minimum Gasteiger partial charge on any atom is -0.376 e. The van der Waals surface area contributed by atoms with E-state index in [1.807, 2.05) is 0 Å². The molecule has 1 fully saturated rings. The third-order valence-corrected chi connectivity index (χ3v) is 5.21. The summed E-state index contributed by atoms with van der Waals surface area (Å²) in [4.78, 5) is 2.58. The van der Waals surface area contributed by atoms with Gasteiger partial charge in [-0.15, -0.1) is 11.3 Å². The van der Waals surface area contributed by atoms with Crippen LogP contribution in [0.5, 0.6) is 0 Å². The average Bonchev–Trinajstić information content (AvgIpc) is 3.17. The van der Waals surface area contributed by atoms with Crippen molar-refractivity contribution in [3.63, 3.8) is 0 Å². The van der Waals surface area contributed by atoms with Crippen molar-refractivity contribution in [3.05, 3.63) is 23.1 Å². The molecule has 2 aromatic rings. The molecule has 2 aliphatic rings. The number of aromatic nitrogens is 2. The Labute approximate surface area is 122 Å². The Morgan fingerprint density at radius 3 is 3.10 bits per heavy atom. The number of rotatable bonds is 2. The summed E-state index contributed by atoms with van der Waals surface area (Å²) in [5.41, 5.74) is 1.08. The van der Waals surface area contributed by atoms with Gasteiger partial charge < -0.3 is 10.1 Å².